The van der Waals surface area contributed by atoms with Gasteiger partial charge in [-0.15, -0.1) is 0 Å². The zero-order chi connectivity index (χ0) is 11.4. The van der Waals surface area contributed by atoms with Crippen molar-refractivity contribution in [3.05, 3.63) is 29.8 Å². The second-order valence-corrected chi connectivity index (χ2v) is 3.23. The van der Waals surface area contributed by atoms with Crippen LogP contribution in [-0.4, -0.2) is 17.0 Å². The number of rotatable bonds is 2. The minimum atomic E-state index is -0.620. The Morgan fingerprint density at radius 2 is 1.80 bits per heavy atom. The van der Waals surface area contributed by atoms with E-state index in [1.54, 1.807) is 19.1 Å². The lowest BCUT2D eigenvalue weighted by Crippen LogP contribution is -2.15. The predicted octanol–water partition coefficient (Wildman–Crippen LogP) is 1.59. The molecule has 0 amide bonds. The molecule has 80 valence electrons. The molecule has 1 aromatic rings. The molecule has 0 aliphatic carbocycles. The van der Waals surface area contributed by atoms with E-state index in [0.29, 0.717) is 5.56 Å². The number of hydrogen-bond donors (Lipinski definition) is 1. The third-order valence-corrected chi connectivity index (χ3v) is 1.99. The first-order valence-corrected chi connectivity index (χ1v) is 4.52. The van der Waals surface area contributed by atoms with Gasteiger partial charge in [0, 0.05) is 6.92 Å². The first kappa shape index (κ1) is 11.2. The van der Waals surface area contributed by atoms with Crippen LogP contribution in [0.25, 0.3) is 0 Å². The van der Waals surface area contributed by atoms with Gasteiger partial charge in [-0.3, -0.25) is 9.59 Å². The molecule has 0 saturated carbocycles. The highest BCUT2D eigenvalue weighted by Crippen LogP contribution is 2.19. The number of carbonyl (C=O) groups is 2. The summed E-state index contributed by atoms with van der Waals surface area (Å²) in [5.74, 6) is -1.60. The fraction of sp³-hybridized carbons (Fsp3) is 0.273. The van der Waals surface area contributed by atoms with Gasteiger partial charge >= 0.3 is 11.9 Å². The molecule has 0 spiro atoms. The maximum absolute atomic E-state index is 11.3. The minimum absolute atomic E-state index is 0.130. The number of phenols is 1. The lowest BCUT2D eigenvalue weighted by Gasteiger charge is -2.09. The minimum Gasteiger partial charge on any atom is -0.508 e. The fourth-order valence-corrected chi connectivity index (χ4v) is 1.13. The molecule has 0 saturated heterocycles. The maximum atomic E-state index is 11.3. The van der Waals surface area contributed by atoms with Crippen LogP contribution in [0.3, 0.4) is 0 Å². The summed E-state index contributed by atoms with van der Waals surface area (Å²) in [4.78, 5) is 21.9. The molecule has 4 heteroatoms. The average Bonchev–Trinajstić information content (AvgIpc) is 2.17. The van der Waals surface area contributed by atoms with E-state index < -0.39 is 17.9 Å². The van der Waals surface area contributed by atoms with Crippen LogP contribution in [0.4, 0.5) is 0 Å². The quantitative estimate of drug-likeness (QED) is 0.592. The Balaban J connectivity index is 2.76. The molecule has 0 aliphatic rings. The Labute approximate surface area is 87.5 Å². The summed E-state index contributed by atoms with van der Waals surface area (Å²) in [6, 6.07) is 6.18. The van der Waals surface area contributed by atoms with E-state index in [4.69, 9.17) is 5.11 Å². The molecule has 1 aromatic carbocycles. The van der Waals surface area contributed by atoms with Crippen LogP contribution in [-0.2, 0) is 14.3 Å². The molecule has 1 atom stereocenters. The van der Waals surface area contributed by atoms with Crippen molar-refractivity contribution < 1.29 is 19.4 Å². The van der Waals surface area contributed by atoms with Gasteiger partial charge in [0.05, 0.1) is 5.92 Å². The molecule has 1 rings (SSSR count). The van der Waals surface area contributed by atoms with E-state index in [9.17, 15) is 9.59 Å². The van der Waals surface area contributed by atoms with Gasteiger partial charge in [-0.05, 0) is 24.6 Å². The molecule has 0 fully saturated rings. The number of phenolic OH excluding ortho intramolecular Hbond substituents is 1. The van der Waals surface area contributed by atoms with Gasteiger partial charge in [0.15, 0.2) is 0 Å². The van der Waals surface area contributed by atoms with Crippen LogP contribution in [0.5, 0.6) is 5.75 Å². The van der Waals surface area contributed by atoms with E-state index >= 15 is 0 Å². The van der Waals surface area contributed by atoms with E-state index in [2.05, 4.69) is 4.74 Å². The van der Waals surface area contributed by atoms with Crippen molar-refractivity contribution in [2.45, 2.75) is 19.8 Å². The summed E-state index contributed by atoms with van der Waals surface area (Å²) >= 11 is 0. The first-order chi connectivity index (χ1) is 7.00. The SMILES string of the molecule is CC(=O)OC(=O)C(C)c1ccc(O)cc1. The Morgan fingerprint density at radius 1 is 1.27 bits per heavy atom. The smallest absolute Gasteiger partial charge is 0.320 e. The normalized spacial score (nSPS) is 11.9. The van der Waals surface area contributed by atoms with Gasteiger partial charge in [0.25, 0.3) is 0 Å². The number of hydrogen-bond acceptors (Lipinski definition) is 4. The Bertz CT molecular complexity index is 367. The zero-order valence-electron chi connectivity index (χ0n) is 8.56. The molecular weight excluding hydrogens is 196 g/mol. The van der Waals surface area contributed by atoms with E-state index in [-0.39, 0.29) is 5.75 Å². The highest BCUT2D eigenvalue weighted by molar-refractivity contribution is 5.88. The molecule has 0 aliphatic heterocycles. The van der Waals surface area contributed by atoms with E-state index in [1.807, 2.05) is 0 Å². The Hall–Kier alpha value is -1.84. The Kier molecular flexibility index (Phi) is 3.44. The monoisotopic (exact) mass is 208 g/mol. The van der Waals surface area contributed by atoms with Crippen LogP contribution in [0, 0.1) is 0 Å². The molecular formula is C11H12O4. The van der Waals surface area contributed by atoms with Gasteiger partial charge < -0.3 is 9.84 Å². The van der Waals surface area contributed by atoms with Gasteiger partial charge in [-0.1, -0.05) is 12.1 Å². The fourth-order valence-electron chi connectivity index (χ4n) is 1.13. The predicted molar refractivity (Wildman–Crippen MR) is 53.3 cm³/mol. The molecule has 0 bridgehead atoms. The van der Waals surface area contributed by atoms with E-state index in [1.165, 1.54) is 19.1 Å². The van der Waals surface area contributed by atoms with Crippen LogP contribution >= 0.6 is 0 Å². The van der Waals surface area contributed by atoms with Crippen molar-refractivity contribution in [3.63, 3.8) is 0 Å². The summed E-state index contributed by atoms with van der Waals surface area (Å²) in [6.07, 6.45) is 0. The molecule has 4 nitrogen and oxygen atoms in total. The van der Waals surface area contributed by atoms with Crippen molar-refractivity contribution in [2.75, 3.05) is 0 Å². The van der Waals surface area contributed by atoms with Gasteiger partial charge in [-0.2, -0.15) is 0 Å². The zero-order valence-corrected chi connectivity index (χ0v) is 8.56. The van der Waals surface area contributed by atoms with Gasteiger partial charge in [-0.25, -0.2) is 0 Å². The summed E-state index contributed by atoms with van der Waals surface area (Å²) in [5, 5.41) is 9.05. The molecule has 0 heterocycles. The third kappa shape index (κ3) is 3.09. The van der Waals surface area contributed by atoms with Crippen molar-refractivity contribution in [1.82, 2.24) is 0 Å². The number of carbonyl (C=O) groups excluding carboxylic acids is 2. The topological polar surface area (TPSA) is 63.6 Å². The number of aromatic hydroxyl groups is 1. The van der Waals surface area contributed by atoms with Crippen LogP contribution in [0.2, 0.25) is 0 Å². The van der Waals surface area contributed by atoms with Crippen LogP contribution < -0.4 is 0 Å². The summed E-state index contributed by atoms with van der Waals surface area (Å²) in [6.45, 7) is 2.82. The first-order valence-electron chi connectivity index (χ1n) is 4.52. The van der Waals surface area contributed by atoms with Crippen LogP contribution in [0.15, 0.2) is 24.3 Å². The average molecular weight is 208 g/mol. The van der Waals surface area contributed by atoms with Crippen molar-refractivity contribution in [3.8, 4) is 5.75 Å². The molecule has 1 N–H and O–H groups in total. The maximum Gasteiger partial charge on any atom is 0.320 e. The summed E-state index contributed by atoms with van der Waals surface area (Å²) in [7, 11) is 0. The molecule has 0 radical (unpaired) electrons. The highest BCUT2D eigenvalue weighted by atomic mass is 16.6. The van der Waals surface area contributed by atoms with Crippen molar-refractivity contribution in [1.29, 1.82) is 0 Å². The van der Waals surface area contributed by atoms with Crippen LogP contribution in [0.1, 0.15) is 25.3 Å². The van der Waals surface area contributed by atoms with Gasteiger partial charge in [0.1, 0.15) is 5.75 Å². The molecule has 0 aromatic heterocycles. The lowest BCUT2D eigenvalue weighted by atomic mass is 10.0. The third-order valence-electron chi connectivity index (χ3n) is 1.99. The number of esters is 2. The second kappa shape index (κ2) is 4.59. The molecule has 1 unspecified atom stereocenters. The standard InChI is InChI=1S/C11H12O4/c1-7(11(14)15-8(2)12)9-3-5-10(13)6-4-9/h3-7,13H,1-2H3. The Morgan fingerprint density at radius 3 is 2.27 bits per heavy atom. The summed E-state index contributed by atoms with van der Waals surface area (Å²) in [5.41, 5.74) is 0.694. The van der Waals surface area contributed by atoms with Crippen molar-refractivity contribution >= 4 is 11.9 Å². The van der Waals surface area contributed by atoms with E-state index in [0.717, 1.165) is 0 Å². The lowest BCUT2D eigenvalue weighted by molar-refractivity contribution is -0.158. The number of benzene rings is 1. The van der Waals surface area contributed by atoms with Crippen molar-refractivity contribution in [2.24, 2.45) is 0 Å². The highest BCUT2D eigenvalue weighted by Gasteiger charge is 2.18. The number of ether oxygens (including phenoxy) is 1. The molecule has 15 heavy (non-hydrogen) atoms. The summed E-state index contributed by atoms with van der Waals surface area (Å²) < 4.78 is 4.46. The van der Waals surface area contributed by atoms with Gasteiger partial charge in [0.2, 0.25) is 0 Å². The second-order valence-electron chi connectivity index (χ2n) is 3.23. The largest absolute Gasteiger partial charge is 0.508 e.